The van der Waals surface area contributed by atoms with Gasteiger partial charge in [-0.3, -0.25) is 4.79 Å². The predicted molar refractivity (Wildman–Crippen MR) is 126 cm³/mol. The van der Waals surface area contributed by atoms with Crippen molar-refractivity contribution in [1.29, 1.82) is 0 Å². The number of hydrogen-bond donors (Lipinski definition) is 0. The van der Waals surface area contributed by atoms with Crippen molar-refractivity contribution in [3.8, 4) is 11.3 Å². The zero-order valence-electron chi connectivity index (χ0n) is 19.2. The van der Waals surface area contributed by atoms with Gasteiger partial charge in [-0.25, -0.2) is 4.79 Å². The summed E-state index contributed by atoms with van der Waals surface area (Å²) in [5, 5.41) is 1.19. The SMILES string of the molecule is COC(=O)c1ccc2c(C3CCCCC3)c3n(c2c1)C[C@]1(C(=O)OC)CC1c1ccccc1-3. The van der Waals surface area contributed by atoms with Gasteiger partial charge in [0, 0.05) is 28.9 Å². The third-order valence-corrected chi connectivity index (χ3v) is 8.24. The lowest BCUT2D eigenvalue weighted by Crippen LogP contribution is -2.24. The van der Waals surface area contributed by atoms with Crippen molar-refractivity contribution < 1.29 is 19.1 Å². The molecular formula is C28H29NO4. The Morgan fingerprint density at radius 2 is 1.79 bits per heavy atom. The van der Waals surface area contributed by atoms with Crippen molar-refractivity contribution in [3.63, 3.8) is 0 Å². The summed E-state index contributed by atoms with van der Waals surface area (Å²) in [5.74, 6) is 0.171. The lowest BCUT2D eigenvalue weighted by molar-refractivity contribution is -0.147. The number of fused-ring (bicyclic) bond motifs is 7. The van der Waals surface area contributed by atoms with Gasteiger partial charge in [-0.05, 0) is 48.4 Å². The van der Waals surface area contributed by atoms with Crippen LogP contribution in [-0.4, -0.2) is 30.7 Å². The van der Waals surface area contributed by atoms with Gasteiger partial charge in [0.25, 0.3) is 0 Å². The molecule has 1 aromatic heterocycles. The van der Waals surface area contributed by atoms with Crippen molar-refractivity contribution in [2.45, 2.75) is 56.9 Å². The molecule has 0 radical (unpaired) electrons. The predicted octanol–water partition coefficient (Wildman–Crippen LogP) is 5.80. The molecule has 5 nitrogen and oxygen atoms in total. The molecule has 6 rings (SSSR count). The quantitative estimate of drug-likeness (QED) is 0.480. The minimum atomic E-state index is -0.548. The Bertz CT molecular complexity index is 1280. The fraction of sp³-hybridized carbons (Fsp3) is 0.429. The standard InChI is InChI=1S/C28H29NO4/c1-32-26(30)18-12-13-21-23(14-18)29-16-28(27(31)33-2)15-22(28)19-10-6-7-11-20(19)25(29)24(21)17-8-4-3-5-9-17/h6-7,10-14,17,22H,3-5,8-9,15-16H2,1-2H3/t22?,28-/m1/s1. The summed E-state index contributed by atoms with van der Waals surface area (Å²) in [4.78, 5) is 25.4. The van der Waals surface area contributed by atoms with Gasteiger partial charge in [0.05, 0.1) is 30.9 Å². The summed E-state index contributed by atoms with van der Waals surface area (Å²) in [5.41, 5.74) is 6.08. The Labute approximate surface area is 193 Å². The highest BCUT2D eigenvalue weighted by Crippen LogP contribution is 2.65. The number of methoxy groups -OCH3 is 2. The molecular weight excluding hydrogens is 414 g/mol. The lowest BCUT2D eigenvalue weighted by atomic mass is 9.81. The van der Waals surface area contributed by atoms with Crippen LogP contribution < -0.4 is 0 Å². The highest BCUT2D eigenvalue weighted by molar-refractivity contribution is 6.00. The van der Waals surface area contributed by atoms with Gasteiger partial charge >= 0.3 is 11.9 Å². The maximum absolute atomic E-state index is 13.1. The Morgan fingerprint density at radius 3 is 2.55 bits per heavy atom. The summed E-state index contributed by atoms with van der Waals surface area (Å²) in [6, 6.07) is 14.5. The molecule has 2 aromatic carbocycles. The number of rotatable bonds is 3. The summed E-state index contributed by atoms with van der Waals surface area (Å²) in [7, 11) is 2.90. The van der Waals surface area contributed by atoms with E-state index in [1.165, 1.54) is 74.1 Å². The van der Waals surface area contributed by atoms with Crippen LogP contribution in [0.15, 0.2) is 42.5 Å². The number of carbonyl (C=O) groups excluding carboxylic acids is 2. The van der Waals surface area contributed by atoms with E-state index in [1.54, 1.807) is 0 Å². The van der Waals surface area contributed by atoms with Crippen LogP contribution >= 0.6 is 0 Å². The molecule has 1 aliphatic heterocycles. The average molecular weight is 444 g/mol. The molecule has 3 aliphatic rings. The van der Waals surface area contributed by atoms with E-state index in [9.17, 15) is 9.59 Å². The minimum Gasteiger partial charge on any atom is -0.469 e. The Kier molecular flexibility index (Phi) is 4.65. The van der Waals surface area contributed by atoms with Gasteiger partial charge < -0.3 is 14.0 Å². The van der Waals surface area contributed by atoms with Gasteiger partial charge in [-0.1, -0.05) is 49.6 Å². The van der Waals surface area contributed by atoms with E-state index in [1.807, 2.05) is 12.1 Å². The Hall–Kier alpha value is -3.08. The smallest absolute Gasteiger partial charge is 0.337 e. The molecule has 2 aliphatic carbocycles. The fourth-order valence-corrected chi connectivity index (χ4v) is 6.56. The van der Waals surface area contributed by atoms with Crippen LogP contribution in [0.1, 0.15) is 71.8 Å². The molecule has 0 saturated heterocycles. The largest absolute Gasteiger partial charge is 0.469 e. The van der Waals surface area contributed by atoms with Gasteiger partial charge in [-0.15, -0.1) is 0 Å². The van der Waals surface area contributed by atoms with E-state index in [2.05, 4.69) is 34.9 Å². The molecule has 0 amide bonds. The summed E-state index contributed by atoms with van der Waals surface area (Å²) in [6.45, 7) is 0.572. The van der Waals surface area contributed by atoms with E-state index < -0.39 is 5.41 Å². The van der Waals surface area contributed by atoms with Crippen molar-refractivity contribution in [3.05, 3.63) is 59.2 Å². The second kappa shape index (κ2) is 7.47. The number of esters is 2. The van der Waals surface area contributed by atoms with Gasteiger partial charge in [0.2, 0.25) is 0 Å². The van der Waals surface area contributed by atoms with Gasteiger partial charge in [0.15, 0.2) is 0 Å². The van der Waals surface area contributed by atoms with E-state index in [0.29, 0.717) is 18.0 Å². The summed E-state index contributed by atoms with van der Waals surface area (Å²) < 4.78 is 12.6. The maximum atomic E-state index is 13.1. The number of nitrogens with zero attached hydrogens (tertiary/aromatic N) is 1. The van der Waals surface area contributed by atoms with E-state index in [4.69, 9.17) is 9.47 Å². The van der Waals surface area contributed by atoms with Crippen LogP contribution in [0.4, 0.5) is 0 Å². The minimum absolute atomic E-state index is 0.139. The summed E-state index contributed by atoms with van der Waals surface area (Å²) in [6.07, 6.45) is 6.93. The Balaban J connectivity index is 1.67. The number of hydrogen-bond acceptors (Lipinski definition) is 4. The first kappa shape index (κ1) is 20.5. The highest BCUT2D eigenvalue weighted by Gasteiger charge is 2.63. The molecule has 2 saturated carbocycles. The van der Waals surface area contributed by atoms with Crippen LogP contribution in [0.3, 0.4) is 0 Å². The average Bonchev–Trinajstić information content (AvgIpc) is 3.53. The first-order valence-corrected chi connectivity index (χ1v) is 12.0. The van der Waals surface area contributed by atoms with Crippen molar-refractivity contribution >= 4 is 22.8 Å². The molecule has 5 heteroatoms. The molecule has 1 unspecified atom stereocenters. The van der Waals surface area contributed by atoms with Crippen molar-refractivity contribution in [1.82, 2.24) is 4.57 Å². The zero-order chi connectivity index (χ0) is 22.7. The molecule has 0 bridgehead atoms. The maximum Gasteiger partial charge on any atom is 0.337 e. The molecule has 3 aromatic rings. The van der Waals surface area contributed by atoms with Crippen molar-refractivity contribution in [2.24, 2.45) is 5.41 Å². The van der Waals surface area contributed by atoms with E-state index in [0.717, 1.165) is 11.9 Å². The molecule has 2 atom stereocenters. The van der Waals surface area contributed by atoms with Crippen LogP contribution in [0.5, 0.6) is 0 Å². The number of aromatic nitrogens is 1. The van der Waals surface area contributed by atoms with Crippen LogP contribution in [0.25, 0.3) is 22.2 Å². The van der Waals surface area contributed by atoms with Crippen LogP contribution in [0.2, 0.25) is 0 Å². The van der Waals surface area contributed by atoms with Crippen molar-refractivity contribution in [2.75, 3.05) is 14.2 Å². The Morgan fingerprint density at radius 1 is 1.00 bits per heavy atom. The molecule has 0 spiro atoms. The molecule has 2 fully saturated rings. The first-order valence-electron chi connectivity index (χ1n) is 12.0. The van der Waals surface area contributed by atoms with Crippen LogP contribution in [0, 0.1) is 5.41 Å². The fourth-order valence-electron chi connectivity index (χ4n) is 6.56. The second-order valence-corrected chi connectivity index (χ2v) is 9.90. The number of carbonyl (C=O) groups is 2. The molecule has 170 valence electrons. The monoisotopic (exact) mass is 443 g/mol. The van der Waals surface area contributed by atoms with Gasteiger partial charge in [0.1, 0.15) is 0 Å². The molecule has 2 heterocycles. The highest BCUT2D eigenvalue weighted by atomic mass is 16.5. The molecule has 0 N–H and O–H groups in total. The third-order valence-electron chi connectivity index (χ3n) is 8.24. The lowest BCUT2D eigenvalue weighted by Gasteiger charge is -2.24. The van der Waals surface area contributed by atoms with Crippen LogP contribution in [-0.2, 0) is 20.8 Å². The normalized spacial score (nSPS) is 23.8. The third kappa shape index (κ3) is 2.91. The number of ether oxygens (including phenoxy) is 2. The van der Waals surface area contributed by atoms with E-state index in [-0.39, 0.29) is 17.9 Å². The second-order valence-electron chi connectivity index (χ2n) is 9.90. The zero-order valence-corrected chi connectivity index (χ0v) is 19.2. The topological polar surface area (TPSA) is 57.5 Å². The van der Waals surface area contributed by atoms with E-state index >= 15 is 0 Å². The number of benzene rings is 2. The molecule has 33 heavy (non-hydrogen) atoms. The summed E-state index contributed by atoms with van der Waals surface area (Å²) >= 11 is 0. The first-order chi connectivity index (χ1) is 16.1. The van der Waals surface area contributed by atoms with Gasteiger partial charge in [-0.2, -0.15) is 0 Å².